The van der Waals surface area contributed by atoms with Gasteiger partial charge in [0.2, 0.25) is 0 Å². The third-order valence-corrected chi connectivity index (χ3v) is 5.42. The van der Waals surface area contributed by atoms with Crippen molar-refractivity contribution >= 4 is 11.8 Å². The van der Waals surface area contributed by atoms with Crippen molar-refractivity contribution in [2.45, 2.75) is 44.8 Å². The van der Waals surface area contributed by atoms with Crippen molar-refractivity contribution in [1.82, 2.24) is 9.88 Å². The number of nitrogens with zero attached hydrogens (tertiary/aromatic N) is 2. The average Bonchev–Trinajstić information content (AvgIpc) is 3.06. The van der Waals surface area contributed by atoms with Crippen LogP contribution in [0.25, 0.3) is 0 Å². The summed E-state index contributed by atoms with van der Waals surface area (Å²) in [4.78, 5) is 29.7. The highest BCUT2D eigenvalue weighted by molar-refractivity contribution is 5.91. The summed E-state index contributed by atoms with van der Waals surface area (Å²) >= 11 is 0. The van der Waals surface area contributed by atoms with Gasteiger partial charge in [-0.05, 0) is 38.8 Å². The van der Waals surface area contributed by atoms with E-state index < -0.39 is 5.91 Å². The molecule has 0 spiro atoms. The molecule has 1 aromatic carbocycles. The van der Waals surface area contributed by atoms with E-state index in [1.54, 1.807) is 11.0 Å². The Balaban J connectivity index is 1.34. The van der Waals surface area contributed by atoms with Crippen molar-refractivity contribution < 1.29 is 23.8 Å². The number of primary amides is 1. The fraction of sp³-hybridized carbons (Fsp3) is 0.435. The Kier molecular flexibility index (Phi) is 5.71. The van der Waals surface area contributed by atoms with Crippen LogP contribution < -0.4 is 19.9 Å². The van der Waals surface area contributed by atoms with Crippen LogP contribution in [0.3, 0.4) is 0 Å². The molecule has 0 aliphatic carbocycles. The van der Waals surface area contributed by atoms with Gasteiger partial charge >= 0.3 is 0 Å². The summed E-state index contributed by atoms with van der Waals surface area (Å²) in [7, 11) is 0. The van der Waals surface area contributed by atoms with Gasteiger partial charge in [0, 0.05) is 30.8 Å². The number of nitrogens with two attached hydrogens (primary N) is 1. The topological polar surface area (TPSA) is 104 Å². The molecule has 1 unspecified atom stereocenters. The Morgan fingerprint density at radius 3 is 2.97 bits per heavy atom. The number of rotatable bonds is 6. The summed E-state index contributed by atoms with van der Waals surface area (Å²) in [6, 6.07) is 8.96. The molecule has 0 radical (unpaired) electrons. The van der Waals surface area contributed by atoms with E-state index >= 15 is 0 Å². The lowest BCUT2D eigenvalue weighted by molar-refractivity contribution is -0.136. The molecule has 164 valence electrons. The van der Waals surface area contributed by atoms with Crippen molar-refractivity contribution in [1.29, 1.82) is 0 Å². The Morgan fingerprint density at radius 2 is 2.16 bits per heavy atom. The van der Waals surface area contributed by atoms with Gasteiger partial charge in [0.1, 0.15) is 23.1 Å². The largest absolute Gasteiger partial charge is 0.488 e. The van der Waals surface area contributed by atoms with E-state index in [0.717, 1.165) is 30.6 Å². The molecule has 2 aromatic rings. The van der Waals surface area contributed by atoms with E-state index in [9.17, 15) is 9.59 Å². The number of benzene rings is 1. The summed E-state index contributed by atoms with van der Waals surface area (Å²) < 4.78 is 17.8. The smallest absolute Gasteiger partial charge is 0.267 e. The summed E-state index contributed by atoms with van der Waals surface area (Å²) in [5.74, 6) is 1.12. The summed E-state index contributed by atoms with van der Waals surface area (Å²) in [6.45, 7) is 5.11. The Labute approximate surface area is 181 Å². The van der Waals surface area contributed by atoms with Crippen molar-refractivity contribution in [2.24, 2.45) is 5.73 Å². The molecule has 8 nitrogen and oxygen atoms in total. The Morgan fingerprint density at radius 1 is 1.32 bits per heavy atom. The molecule has 0 bridgehead atoms. The van der Waals surface area contributed by atoms with Gasteiger partial charge < -0.3 is 24.8 Å². The lowest BCUT2D eigenvalue weighted by Crippen LogP contribution is -2.46. The number of aromatic nitrogens is 1. The first-order valence-electron chi connectivity index (χ1n) is 10.4. The second-order valence-electron chi connectivity index (χ2n) is 8.53. The van der Waals surface area contributed by atoms with E-state index in [1.165, 1.54) is 12.3 Å². The summed E-state index contributed by atoms with van der Waals surface area (Å²) in [5, 5.41) is 0. The van der Waals surface area contributed by atoms with Gasteiger partial charge in [0.25, 0.3) is 11.8 Å². The number of carbonyl (C=O) groups is 2. The predicted molar refractivity (Wildman–Crippen MR) is 113 cm³/mol. The van der Waals surface area contributed by atoms with E-state index in [0.29, 0.717) is 24.6 Å². The molecule has 1 aromatic heterocycles. The molecular formula is C23H27N3O5. The number of pyridine rings is 1. The highest BCUT2D eigenvalue weighted by Gasteiger charge is 2.33. The molecule has 31 heavy (non-hydrogen) atoms. The molecule has 4 rings (SSSR count). The molecular weight excluding hydrogens is 398 g/mol. The van der Waals surface area contributed by atoms with E-state index in [-0.39, 0.29) is 29.9 Å². The highest BCUT2D eigenvalue weighted by atomic mass is 16.5. The van der Waals surface area contributed by atoms with Crippen LogP contribution in [0, 0.1) is 0 Å². The standard InChI is InChI=1S/C23H27N3O5/c1-23(2)12-15-5-3-7-19(21(15)31-23)29-14-20(27)26-10-4-6-17(13-26)30-16-8-9-25-18(11-16)22(24)28/h3,5,7-9,11,17H,4,6,10,12-14H2,1-2H3,(H2,24,28). The fourth-order valence-electron chi connectivity index (χ4n) is 4.00. The molecule has 2 amide bonds. The van der Waals surface area contributed by atoms with Gasteiger partial charge in [0.05, 0.1) is 6.54 Å². The minimum atomic E-state index is -0.609. The normalized spacial score (nSPS) is 19.3. The van der Waals surface area contributed by atoms with Crippen LogP contribution in [0.5, 0.6) is 17.2 Å². The van der Waals surface area contributed by atoms with Crippen LogP contribution in [0.4, 0.5) is 0 Å². The molecule has 0 saturated carbocycles. The lowest BCUT2D eigenvalue weighted by Gasteiger charge is -2.33. The predicted octanol–water partition coefficient (Wildman–Crippen LogP) is 2.34. The maximum Gasteiger partial charge on any atom is 0.267 e. The van der Waals surface area contributed by atoms with Crippen molar-refractivity contribution in [2.75, 3.05) is 19.7 Å². The van der Waals surface area contributed by atoms with Gasteiger partial charge in [-0.2, -0.15) is 0 Å². The summed E-state index contributed by atoms with van der Waals surface area (Å²) in [5.41, 5.74) is 6.24. The van der Waals surface area contributed by atoms with Crippen LogP contribution in [-0.2, 0) is 11.2 Å². The number of likely N-dealkylation sites (tertiary alicyclic amines) is 1. The number of hydrogen-bond acceptors (Lipinski definition) is 6. The lowest BCUT2D eigenvalue weighted by atomic mass is 10.0. The number of hydrogen-bond donors (Lipinski definition) is 1. The van der Waals surface area contributed by atoms with E-state index in [2.05, 4.69) is 4.98 Å². The first-order chi connectivity index (χ1) is 14.8. The van der Waals surface area contributed by atoms with Crippen molar-refractivity contribution in [3.8, 4) is 17.2 Å². The van der Waals surface area contributed by atoms with Gasteiger partial charge in [-0.1, -0.05) is 12.1 Å². The fourth-order valence-corrected chi connectivity index (χ4v) is 4.00. The third kappa shape index (κ3) is 4.90. The average molecular weight is 425 g/mol. The van der Waals surface area contributed by atoms with Crippen molar-refractivity contribution in [3.63, 3.8) is 0 Å². The number of carbonyl (C=O) groups excluding carboxylic acids is 2. The van der Waals surface area contributed by atoms with E-state index in [4.69, 9.17) is 19.9 Å². The van der Waals surface area contributed by atoms with Crippen molar-refractivity contribution in [3.05, 3.63) is 47.8 Å². The summed E-state index contributed by atoms with van der Waals surface area (Å²) in [6.07, 6.45) is 3.75. The van der Waals surface area contributed by atoms with Gasteiger partial charge in [0.15, 0.2) is 18.1 Å². The molecule has 3 heterocycles. The first kappa shape index (κ1) is 21.0. The highest BCUT2D eigenvalue weighted by Crippen LogP contribution is 2.41. The van der Waals surface area contributed by atoms with Gasteiger partial charge in [-0.3, -0.25) is 14.6 Å². The molecule has 2 aliphatic heterocycles. The molecule has 2 N–H and O–H groups in total. The molecule has 8 heteroatoms. The Hall–Kier alpha value is -3.29. The van der Waals surface area contributed by atoms with E-state index in [1.807, 2.05) is 32.0 Å². The Bertz CT molecular complexity index is 991. The van der Waals surface area contributed by atoms with Crippen LogP contribution in [-0.4, -0.2) is 53.1 Å². The molecule has 1 atom stereocenters. The monoisotopic (exact) mass is 425 g/mol. The van der Waals surface area contributed by atoms with Crippen LogP contribution >= 0.6 is 0 Å². The minimum absolute atomic E-state index is 0.0615. The number of piperidine rings is 1. The minimum Gasteiger partial charge on any atom is -0.488 e. The maximum atomic E-state index is 12.8. The second-order valence-corrected chi connectivity index (χ2v) is 8.53. The zero-order valence-electron chi connectivity index (χ0n) is 17.8. The molecule has 2 aliphatic rings. The zero-order valence-corrected chi connectivity index (χ0v) is 17.8. The third-order valence-electron chi connectivity index (χ3n) is 5.42. The maximum absolute atomic E-state index is 12.8. The second kappa shape index (κ2) is 8.45. The molecule has 1 saturated heterocycles. The quantitative estimate of drug-likeness (QED) is 0.762. The SMILES string of the molecule is CC1(C)Cc2cccc(OCC(=O)N3CCCC(Oc4ccnc(C(N)=O)c4)C3)c2O1. The number of fused-ring (bicyclic) bond motifs is 1. The van der Waals surface area contributed by atoms with Crippen LogP contribution in [0.1, 0.15) is 42.7 Å². The van der Waals surface area contributed by atoms with Crippen LogP contribution in [0.2, 0.25) is 0 Å². The van der Waals surface area contributed by atoms with Gasteiger partial charge in [-0.15, -0.1) is 0 Å². The first-order valence-corrected chi connectivity index (χ1v) is 10.4. The number of amides is 2. The number of para-hydroxylation sites is 1. The number of ether oxygens (including phenoxy) is 3. The van der Waals surface area contributed by atoms with Gasteiger partial charge in [-0.25, -0.2) is 0 Å². The van der Waals surface area contributed by atoms with Crippen LogP contribution in [0.15, 0.2) is 36.5 Å². The zero-order chi connectivity index (χ0) is 22.0. The molecule has 1 fully saturated rings.